The van der Waals surface area contributed by atoms with Crippen molar-refractivity contribution >= 4 is 5.69 Å². The number of aromatic hydroxyl groups is 1. The Kier molecular flexibility index (Phi) is 1.78. The molecule has 0 atom stereocenters. The highest BCUT2D eigenvalue weighted by molar-refractivity contribution is 5.47. The van der Waals surface area contributed by atoms with Gasteiger partial charge in [-0.25, -0.2) is 0 Å². The van der Waals surface area contributed by atoms with Crippen LogP contribution in [0.4, 0.5) is 5.69 Å². The second-order valence-electron chi connectivity index (χ2n) is 2.09. The summed E-state index contributed by atoms with van der Waals surface area (Å²) in [7, 11) is 0. The van der Waals surface area contributed by atoms with Crippen molar-refractivity contribution in [3.05, 3.63) is 23.8 Å². The van der Waals surface area contributed by atoms with E-state index in [1.807, 2.05) is 0 Å². The third-order valence-electron chi connectivity index (χ3n) is 1.33. The van der Waals surface area contributed by atoms with Crippen molar-refractivity contribution in [3.8, 4) is 5.75 Å². The van der Waals surface area contributed by atoms with Gasteiger partial charge >= 0.3 is 0 Å². The van der Waals surface area contributed by atoms with Gasteiger partial charge in [-0.3, -0.25) is 0 Å². The number of anilines is 1. The van der Waals surface area contributed by atoms with Gasteiger partial charge in [-0.2, -0.15) is 0 Å². The number of hydrogen-bond donors (Lipinski definition) is 3. The lowest BCUT2D eigenvalue weighted by Crippen LogP contribution is -1.96. The van der Waals surface area contributed by atoms with E-state index in [0.29, 0.717) is 17.8 Å². The van der Waals surface area contributed by atoms with Gasteiger partial charge in [0.15, 0.2) is 0 Å². The number of hydrogen-bond acceptors (Lipinski definition) is 3. The Morgan fingerprint density at radius 1 is 1.40 bits per heavy atom. The molecule has 3 nitrogen and oxygen atoms in total. The number of nitrogen functional groups attached to an aromatic ring is 1. The Labute approximate surface area is 59.3 Å². The normalized spacial score (nSPS) is 9.70. The largest absolute Gasteiger partial charge is 0.508 e. The van der Waals surface area contributed by atoms with E-state index in [9.17, 15) is 0 Å². The Bertz CT molecular complexity index is 235. The standard InChI is InChI=1S/C7H10N2O/c8-4-5-1-2-6(9)3-7(5)10/h1-3,10H,4,8-9H2. The lowest BCUT2D eigenvalue weighted by Gasteiger charge is -2.00. The molecule has 0 spiro atoms. The number of phenolic OH excluding ortho intramolecular Hbond substituents is 1. The zero-order chi connectivity index (χ0) is 7.56. The lowest BCUT2D eigenvalue weighted by molar-refractivity contribution is 0.469. The van der Waals surface area contributed by atoms with Crippen molar-refractivity contribution in [2.45, 2.75) is 6.54 Å². The highest BCUT2D eigenvalue weighted by Crippen LogP contribution is 2.18. The predicted octanol–water partition coefficient (Wildman–Crippen LogP) is 0.433. The molecule has 3 heteroatoms. The Morgan fingerprint density at radius 2 is 2.10 bits per heavy atom. The Morgan fingerprint density at radius 3 is 2.60 bits per heavy atom. The van der Waals surface area contributed by atoms with Crippen LogP contribution in [0.1, 0.15) is 5.56 Å². The quantitative estimate of drug-likeness (QED) is 0.493. The van der Waals surface area contributed by atoms with Gasteiger partial charge in [0.05, 0.1) is 0 Å². The molecule has 0 aromatic heterocycles. The zero-order valence-corrected chi connectivity index (χ0v) is 5.54. The molecule has 1 aromatic rings. The smallest absolute Gasteiger partial charge is 0.122 e. The van der Waals surface area contributed by atoms with Crippen LogP contribution in [-0.4, -0.2) is 5.11 Å². The van der Waals surface area contributed by atoms with Gasteiger partial charge < -0.3 is 16.6 Å². The number of rotatable bonds is 1. The fourth-order valence-electron chi connectivity index (χ4n) is 0.753. The highest BCUT2D eigenvalue weighted by Gasteiger charge is 1.96. The van der Waals surface area contributed by atoms with E-state index < -0.39 is 0 Å². The molecule has 0 bridgehead atoms. The predicted molar refractivity (Wildman–Crippen MR) is 40.4 cm³/mol. The second kappa shape index (κ2) is 2.58. The van der Waals surface area contributed by atoms with E-state index in [4.69, 9.17) is 16.6 Å². The van der Waals surface area contributed by atoms with Gasteiger partial charge in [0.25, 0.3) is 0 Å². The van der Waals surface area contributed by atoms with E-state index in [1.54, 1.807) is 12.1 Å². The van der Waals surface area contributed by atoms with Crippen LogP contribution in [-0.2, 0) is 6.54 Å². The molecule has 1 aromatic carbocycles. The van der Waals surface area contributed by atoms with E-state index in [2.05, 4.69) is 0 Å². The van der Waals surface area contributed by atoms with Crippen LogP contribution in [0.5, 0.6) is 5.75 Å². The fourth-order valence-corrected chi connectivity index (χ4v) is 0.753. The van der Waals surface area contributed by atoms with Gasteiger partial charge in [-0.15, -0.1) is 0 Å². The van der Waals surface area contributed by atoms with E-state index in [-0.39, 0.29) is 5.75 Å². The van der Waals surface area contributed by atoms with Crippen molar-refractivity contribution in [3.63, 3.8) is 0 Å². The van der Waals surface area contributed by atoms with Crippen molar-refractivity contribution in [2.24, 2.45) is 5.73 Å². The average molecular weight is 138 g/mol. The summed E-state index contributed by atoms with van der Waals surface area (Å²) in [6.45, 7) is 0.339. The first-order valence-electron chi connectivity index (χ1n) is 3.01. The van der Waals surface area contributed by atoms with Crippen molar-refractivity contribution in [2.75, 3.05) is 5.73 Å². The SMILES string of the molecule is NCc1ccc(N)cc1O. The first-order chi connectivity index (χ1) is 4.74. The number of phenols is 1. The summed E-state index contributed by atoms with van der Waals surface area (Å²) in [4.78, 5) is 0. The average Bonchev–Trinajstić information content (AvgIpc) is 1.88. The first-order valence-corrected chi connectivity index (χ1v) is 3.01. The molecular formula is C7H10N2O. The van der Waals surface area contributed by atoms with Crippen molar-refractivity contribution in [1.82, 2.24) is 0 Å². The molecule has 10 heavy (non-hydrogen) atoms. The molecule has 1 rings (SSSR count). The van der Waals surface area contributed by atoms with E-state index in [0.717, 1.165) is 0 Å². The number of benzene rings is 1. The molecule has 5 N–H and O–H groups in total. The molecule has 0 unspecified atom stereocenters. The minimum Gasteiger partial charge on any atom is -0.508 e. The topological polar surface area (TPSA) is 72.3 Å². The minimum atomic E-state index is 0.169. The molecule has 0 aliphatic rings. The van der Waals surface area contributed by atoms with Gasteiger partial charge in [0.1, 0.15) is 5.75 Å². The summed E-state index contributed by atoms with van der Waals surface area (Å²) in [5.74, 6) is 0.169. The van der Waals surface area contributed by atoms with Crippen molar-refractivity contribution < 1.29 is 5.11 Å². The maximum absolute atomic E-state index is 9.13. The minimum absolute atomic E-state index is 0.169. The molecule has 0 aliphatic carbocycles. The molecule has 0 amide bonds. The van der Waals surface area contributed by atoms with Gasteiger partial charge in [0, 0.05) is 23.9 Å². The number of nitrogens with two attached hydrogens (primary N) is 2. The van der Waals surface area contributed by atoms with Gasteiger partial charge in [-0.05, 0) is 6.07 Å². The summed E-state index contributed by atoms with van der Waals surface area (Å²) in [5.41, 5.74) is 11.9. The summed E-state index contributed by atoms with van der Waals surface area (Å²) >= 11 is 0. The maximum atomic E-state index is 9.13. The molecule has 0 radical (unpaired) electrons. The van der Waals surface area contributed by atoms with Crippen LogP contribution >= 0.6 is 0 Å². The van der Waals surface area contributed by atoms with Crippen LogP contribution < -0.4 is 11.5 Å². The molecule has 0 saturated carbocycles. The summed E-state index contributed by atoms with van der Waals surface area (Å²) < 4.78 is 0. The van der Waals surface area contributed by atoms with Crippen molar-refractivity contribution in [1.29, 1.82) is 0 Å². The van der Waals surface area contributed by atoms with E-state index >= 15 is 0 Å². The van der Waals surface area contributed by atoms with E-state index in [1.165, 1.54) is 6.07 Å². The van der Waals surface area contributed by atoms with Crippen LogP contribution in [0.2, 0.25) is 0 Å². The van der Waals surface area contributed by atoms with Crippen LogP contribution in [0.3, 0.4) is 0 Å². The van der Waals surface area contributed by atoms with Crippen LogP contribution in [0, 0.1) is 0 Å². The van der Waals surface area contributed by atoms with Gasteiger partial charge in [-0.1, -0.05) is 6.07 Å². The summed E-state index contributed by atoms with van der Waals surface area (Å²) in [6, 6.07) is 4.91. The van der Waals surface area contributed by atoms with Crippen LogP contribution in [0.25, 0.3) is 0 Å². The molecule has 54 valence electrons. The first kappa shape index (κ1) is 6.89. The second-order valence-corrected chi connectivity index (χ2v) is 2.09. The third-order valence-corrected chi connectivity index (χ3v) is 1.33. The summed E-state index contributed by atoms with van der Waals surface area (Å²) in [5, 5.41) is 9.13. The monoisotopic (exact) mass is 138 g/mol. The third kappa shape index (κ3) is 1.19. The highest BCUT2D eigenvalue weighted by atomic mass is 16.3. The summed E-state index contributed by atoms with van der Waals surface area (Å²) in [6.07, 6.45) is 0. The molecular weight excluding hydrogens is 128 g/mol. The zero-order valence-electron chi connectivity index (χ0n) is 5.54. The lowest BCUT2D eigenvalue weighted by atomic mass is 10.2. The maximum Gasteiger partial charge on any atom is 0.122 e. The fraction of sp³-hybridized carbons (Fsp3) is 0.143. The Hall–Kier alpha value is -1.22. The molecule has 0 fully saturated rings. The van der Waals surface area contributed by atoms with Gasteiger partial charge in [0.2, 0.25) is 0 Å². The van der Waals surface area contributed by atoms with Crippen LogP contribution in [0.15, 0.2) is 18.2 Å². The molecule has 0 heterocycles. The Balaban J connectivity index is 3.07. The molecule has 0 aliphatic heterocycles. The molecule has 0 saturated heterocycles.